The van der Waals surface area contributed by atoms with Crippen molar-refractivity contribution in [2.75, 3.05) is 73.1 Å². The summed E-state index contributed by atoms with van der Waals surface area (Å²) in [6, 6.07) is 0. The lowest BCUT2D eigenvalue weighted by atomic mass is 9.96. The highest BCUT2D eigenvalue weighted by atomic mass is 16.5. The maximum Gasteiger partial charge on any atom is 0.248 e. The molecular formula is C16H30N4O3. The van der Waals surface area contributed by atoms with Crippen molar-refractivity contribution in [3.63, 3.8) is 0 Å². The number of piperidine rings is 1. The van der Waals surface area contributed by atoms with Crippen molar-refractivity contribution < 1.29 is 14.3 Å². The van der Waals surface area contributed by atoms with E-state index in [1.165, 1.54) is 0 Å². The quantitative estimate of drug-likeness (QED) is 0.695. The van der Waals surface area contributed by atoms with Crippen molar-refractivity contribution in [3.05, 3.63) is 0 Å². The van der Waals surface area contributed by atoms with Crippen LogP contribution in [0.5, 0.6) is 0 Å². The molecule has 0 aliphatic carbocycles. The van der Waals surface area contributed by atoms with Crippen LogP contribution in [0.3, 0.4) is 0 Å². The molecule has 23 heavy (non-hydrogen) atoms. The molecule has 0 radical (unpaired) electrons. The van der Waals surface area contributed by atoms with Gasteiger partial charge in [-0.05, 0) is 25.8 Å². The van der Waals surface area contributed by atoms with Crippen molar-refractivity contribution in [2.24, 2.45) is 5.92 Å². The highest BCUT2D eigenvalue weighted by molar-refractivity contribution is 5.78. The minimum atomic E-state index is 0.0866. The molecular weight excluding hydrogens is 296 g/mol. The van der Waals surface area contributed by atoms with Gasteiger partial charge in [0.1, 0.15) is 6.61 Å². The van der Waals surface area contributed by atoms with Gasteiger partial charge in [-0.15, -0.1) is 0 Å². The fourth-order valence-electron chi connectivity index (χ4n) is 3.39. The number of methoxy groups -OCH3 is 1. The Hall–Kier alpha value is -1.18. The number of carbonyl (C=O) groups is 2. The SMILES string of the molecule is CNCC(=O)N1CCC(CN2CCN(C(=O)COC)CC2)CC1. The summed E-state index contributed by atoms with van der Waals surface area (Å²) in [5.41, 5.74) is 0. The lowest BCUT2D eigenvalue weighted by molar-refractivity contribution is -0.137. The normalized spacial score (nSPS) is 20.8. The molecule has 2 heterocycles. The molecule has 0 aromatic rings. The van der Waals surface area contributed by atoms with Gasteiger partial charge in [-0.25, -0.2) is 0 Å². The summed E-state index contributed by atoms with van der Waals surface area (Å²) in [5.74, 6) is 0.953. The van der Waals surface area contributed by atoms with E-state index in [2.05, 4.69) is 10.2 Å². The molecule has 0 saturated carbocycles. The van der Waals surface area contributed by atoms with E-state index in [0.29, 0.717) is 12.5 Å². The molecule has 2 saturated heterocycles. The zero-order valence-electron chi connectivity index (χ0n) is 14.4. The number of rotatable bonds is 6. The highest BCUT2D eigenvalue weighted by Gasteiger charge is 2.26. The maximum atomic E-state index is 11.9. The summed E-state index contributed by atoms with van der Waals surface area (Å²) < 4.78 is 4.91. The number of carbonyl (C=O) groups excluding carboxylic acids is 2. The van der Waals surface area contributed by atoms with E-state index in [4.69, 9.17) is 4.74 Å². The second-order valence-electron chi connectivity index (χ2n) is 6.47. The summed E-state index contributed by atoms with van der Waals surface area (Å²) in [6.07, 6.45) is 2.16. The Balaban J connectivity index is 1.66. The molecule has 2 fully saturated rings. The Morgan fingerprint density at radius 1 is 1.00 bits per heavy atom. The minimum Gasteiger partial charge on any atom is -0.375 e. The number of amides is 2. The fourth-order valence-corrected chi connectivity index (χ4v) is 3.39. The number of nitrogens with zero attached hydrogens (tertiary/aromatic N) is 3. The first kappa shape index (κ1) is 18.2. The zero-order valence-corrected chi connectivity index (χ0v) is 14.4. The van der Waals surface area contributed by atoms with Gasteiger partial charge in [-0.1, -0.05) is 0 Å². The molecule has 0 spiro atoms. The molecule has 132 valence electrons. The van der Waals surface area contributed by atoms with Gasteiger partial charge in [0.05, 0.1) is 6.54 Å². The molecule has 0 aromatic heterocycles. The second kappa shape index (κ2) is 9.20. The highest BCUT2D eigenvalue weighted by Crippen LogP contribution is 2.19. The monoisotopic (exact) mass is 326 g/mol. The fraction of sp³-hybridized carbons (Fsp3) is 0.875. The lowest BCUT2D eigenvalue weighted by Crippen LogP contribution is -2.51. The molecule has 0 aromatic carbocycles. The number of ether oxygens (including phenoxy) is 1. The molecule has 0 bridgehead atoms. The van der Waals surface area contributed by atoms with Crippen LogP contribution in [0.15, 0.2) is 0 Å². The van der Waals surface area contributed by atoms with Gasteiger partial charge < -0.3 is 19.9 Å². The van der Waals surface area contributed by atoms with E-state index in [9.17, 15) is 9.59 Å². The zero-order chi connectivity index (χ0) is 16.7. The van der Waals surface area contributed by atoms with Gasteiger partial charge in [0, 0.05) is 52.9 Å². The van der Waals surface area contributed by atoms with Gasteiger partial charge in [-0.2, -0.15) is 0 Å². The molecule has 7 heteroatoms. The van der Waals surface area contributed by atoms with E-state index in [-0.39, 0.29) is 18.4 Å². The van der Waals surface area contributed by atoms with Gasteiger partial charge in [0.25, 0.3) is 0 Å². The smallest absolute Gasteiger partial charge is 0.248 e. The van der Waals surface area contributed by atoms with Crippen molar-refractivity contribution in [2.45, 2.75) is 12.8 Å². The van der Waals surface area contributed by atoms with E-state index in [0.717, 1.165) is 58.7 Å². The summed E-state index contributed by atoms with van der Waals surface area (Å²) in [6.45, 7) is 6.91. The molecule has 2 aliphatic rings. The third kappa shape index (κ3) is 5.44. The predicted octanol–water partition coefficient (Wildman–Crippen LogP) is -0.765. The lowest BCUT2D eigenvalue weighted by Gasteiger charge is -2.38. The number of hydrogen-bond acceptors (Lipinski definition) is 5. The Labute approximate surface area is 138 Å². The number of nitrogens with one attached hydrogen (secondary N) is 1. The van der Waals surface area contributed by atoms with Crippen LogP contribution in [0.25, 0.3) is 0 Å². The molecule has 2 rings (SSSR count). The molecule has 2 aliphatic heterocycles. The van der Waals surface area contributed by atoms with Crippen LogP contribution in [-0.2, 0) is 14.3 Å². The molecule has 0 atom stereocenters. The number of piperazine rings is 1. The van der Waals surface area contributed by atoms with Crippen LogP contribution >= 0.6 is 0 Å². The summed E-state index contributed by atoms with van der Waals surface area (Å²) in [4.78, 5) is 29.9. The summed E-state index contributed by atoms with van der Waals surface area (Å²) in [7, 11) is 3.36. The van der Waals surface area contributed by atoms with Crippen molar-refractivity contribution in [1.82, 2.24) is 20.0 Å². The van der Waals surface area contributed by atoms with Crippen molar-refractivity contribution >= 4 is 11.8 Å². The Morgan fingerprint density at radius 2 is 1.61 bits per heavy atom. The minimum absolute atomic E-state index is 0.0866. The van der Waals surface area contributed by atoms with Gasteiger partial charge in [0.2, 0.25) is 11.8 Å². The average molecular weight is 326 g/mol. The van der Waals surface area contributed by atoms with E-state index in [1.807, 2.05) is 16.8 Å². The first-order valence-electron chi connectivity index (χ1n) is 8.55. The van der Waals surface area contributed by atoms with Crippen LogP contribution in [0.4, 0.5) is 0 Å². The van der Waals surface area contributed by atoms with Crippen LogP contribution < -0.4 is 5.32 Å². The largest absolute Gasteiger partial charge is 0.375 e. The van der Waals surface area contributed by atoms with Crippen LogP contribution in [0.1, 0.15) is 12.8 Å². The van der Waals surface area contributed by atoms with Crippen molar-refractivity contribution in [1.29, 1.82) is 0 Å². The van der Waals surface area contributed by atoms with Crippen LogP contribution in [0, 0.1) is 5.92 Å². The summed E-state index contributed by atoms with van der Waals surface area (Å²) >= 11 is 0. The van der Waals surface area contributed by atoms with E-state index >= 15 is 0 Å². The topological polar surface area (TPSA) is 65.1 Å². The molecule has 7 nitrogen and oxygen atoms in total. The van der Waals surface area contributed by atoms with Crippen LogP contribution in [-0.4, -0.2) is 99.6 Å². The number of likely N-dealkylation sites (tertiary alicyclic amines) is 1. The first-order chi connectivity index (χ1) is 11.1. The maximum absolute atomic E-state index is 11.9. The standard InChI is InChI=1S/C16H30N4O3/c1-17-11-15(21)19-5-3-14(4-6-19)12-18-7-9-20(10-8-18)16(22)13-23-2/h14,17H,3-13H2,1-2H3. The number of likely N-dealkylation sites (N-methyl/N-ethyl adjacent to an activating group) is 1. The van der Waals surface area contributed by atoms with E-state index < -0.39 is 0 Å². The van der Waals surface area contributed by atoms with E-state index in [1.54, 1.807) is 7.11 Å². The summed E-state index contributed by atoms with van der Waals surface area (Å²) in [5, 5.41) is 2.92. The molecule has 1 N–H and O–H groups in total. The van der Waals surface area contributed by atoms with Gasteiger partial charge in [-0.3, -0.25) is 14.5 Å². The van der Waals surface area contributed by atoms with Crippen LogP contribution in [0.2, 0.25) is 0 Å². The molecule has 0 unspecified atom stereocenters. The Bertz CT molecular complexity index is 353. The molecule has 2 amide bonds. The first-order valence-corrected chi connectivity index (χ1v) is 8.55. The third-order valence-corrected chi connectivity index (χ3v) is 4.80. The second-order valence-corrected chi connectivity index (χ2v) is 6.47. The number of hydrogen-bond donors (Lipinski definition) is 1. The predicted molar refractivity (Wildman–Crippen MR) is 88.1 cm³/mol. The van der Waals surface area contributed by atoms with Gasteiger partial charge in [0.15, 0.2) is 0 Å². The Morgan fingerprint density at radius 3 is 2.17 bits per heavy atom. The third-order valence-electron chi connectivity index (χ3n) is 4.80. The van der Waals surface area contributed by atoms with Crippen molar-refractivity contribution in [3.8, 4) is 0 Å². The van der Waals surface area contributed by atoms with Gasteiger partial charge >= 0.3 is 0 Å². The Kier molecular flexibility index (Phi) is 7.26. The average Bonchev–Trinajstić information content (AvgIpc) is 2.56.